The van der Waals surface area contributed by atoms with Crippen molar-refractivity contribution in [3.05, 3.63) is 0 Å². The first kappa shape index (κ1) is 9.01. The lowest BCUT2D eigenvalue weighted by Gasteiger charge is -2.39. The van der Waals surface area contributed by atoms with Crippen LogP contribution in [-0.2, 0) is 9.78 Å². The molecule has 1 aliphatic heterocycles. The van der Waals surface area contributed by atoms with E-state index in [-0.39, 0.29) is 5.41 Å². The average molecular weight is 158 g/mol. The molecule has 1 aliphatic rings. The molecule has 1 atom stereocenters. The molecule has 0 aromatic carbocycles. The first-order valence-corrected chi connectivity index (χ1v) is 4.28. The van der Waals surface area contributed by atoms with Gasteiger partial charge >= 0.3 is 0 Å². The molecule has 0 radical (unpaired) electrons. The van der Waals surface area contributed by atoms with E-state index < -0.39 is 0 Å². The van der Waals surface area contributed by atoms with Gasteiger partial charge in [0.2, 0.25) is 0 Å². The molecule has 11 heavy (non-hydrogen) atoms. The summed E-state index contributed by atoms with van der Waals surface area (Å²) in [4.78, 5) is 9.94. The van der Waals surface area contributed by atoms with Gasteiger partial charge in [0.15, 0.2) is 0 Å². The van der Waals surface area contributed by atoms with Crippen LogP contribution in [0.5, 0.6) is 0 Å². The minimum atomic E-state index is 0.270. The van der Waals surface area contributed by atoms with Gasteiger partial charge in [-0.15, -0.1) is 0 Å². The maximum atomic E-state index is 4.98. The Morgan fingerprint density at radius 2 is 1.91 bits per heavy atom. The zero-order valence-corrected chi connectivity index (χ0v) is 7.89. The molecule has 1 rings (SSSR count). The van der Waals surface area contributed by atoms with Crippen LogP contribution < -0.4 is 0 Å². The van der Waals surface area contributed by atoms with Crippen molar-refractivity contribution in [3.63, 3.8) is 0 Å². The highest BCUT2D eigenvalue weighted by molar-refractivity contribution is 4.81. The van der Waals surface area contributed by atoms with Crippen molar-refractivity contribution < 1.29 is 9.78 Å². The Hall–Kier alpha value is -0.0800. The Labute approximate surface area is 68.8 Å². The molecule has 1 unspecified atom stereocenters. The van der Waals surface area contributed by atoms with Gasteiger partial charge in [-0.1, -0.05) is 27.7 Å². The molecule has 0 aliphatic carbocycles. The predicted octanol–water partition coefficient (Wildman–Crippen LogP) is 2.25. The van der Waals surface area contributed by atoms with Crippen molar-refractivity contribution in [1.29, 1.82) is 0 Å². The van der Waals surface area contributed by atoms with Gasteiger partial charge in [-0.25, -0.2) is 9.78 Å². The van der Waals surface area contributed by atoms with E-state index in [0.29, 0.717) is 11.8 Å². The van der Waals surface area contributed by atoms with Crippen LogP contribution in [-0.4, -0.2) is 13.2 Å². The molecule has 0 aromatic rings. The van der Waals surface area contributed by atoms with Gasteiger partial charge in [0.05, 0.1) is 13.2 Å². The Bertz CT molecular complexity index is 130. The van der Waals surface area contributed by atoms with Gasteiger partial charge in [0, 0.05) is 0 Å². The fourth-order valence-electron chi connectivity index (χ4n) is 1.74. The van der Waals surface area contributed by atoms with Crippen LogP contribution in [0, 0.1) is 17.3 Å². The summed E-state index contributed by atoms with van der Waals surface area (Å²) in [5.74, 6) is 1.30. The van der Waals surface area contributed by atoms with Gasteiger partial charge in [-0.2, -0.15) is 0 Å². The minimum Gasteiger partial charge on any atom is -0.236 e. The zero-order valence-electron chi connectivity index (χ0n) is 7.89. The van der Waals surface area contributed by atoms with E-state index in [1.807, 2.05) is 0 Å². The Kier molecular flexibility index (Phi) is 2.55. The second kappa shape index (κ2) is 3.11. The molecule has 0 amide bonds. The van der Waals surface area contributed by atoms with Crippen molar-refractivity contribution >= 4 is 0 Å². The highest BCUT2D eigenvalue weighted by atomic mass is 17.2. The lowest BCUT2D eigenvalue weighted by molar-refractivity contribution is -0.354. The largest absolute Gasteiger partial charge is 0.236 e. The van der Waals surface area contributed by atoms with Gasteiger partial charge in [-0.3, -0.25) is 0 Å². The zero-order chi connectivity index (χ0) is 8.48. The fourth-order valence-corrected chi connectivity index (χ4v) is 1.74. The molecule has 0 aromatic heterocycles. The molecule has 0 bridgehead atoms. The van der Waals surface area contributed by atoms with Gasteiger partial charge < -0.3 is 0 Å². The van der Waals surface area contributed by atoms with Crippen LogP contribution in [0.25, 0.3) is 0 Å². The third kappa shape index (κ3) is 1.94. The van der Waals surface area contributed by atoms with Crippen molar-refractivity contribution in [1.82, 2.24) is 0 Å². The van der Waals surface area contributed by atoms with Gasteiger partial charge in [-0.05, 0) is 17.3 Å². The van der Waals surface area contributed by atoms with E-state index in [2.05, 4.69) is 27.7 Å². The lowest BCUT2D eigenvalue weighted by Crippen LogP contribution is -2.40. The molecule has 1 fully saturated rings. The molecule has 0 N–H and O–H groups in total. The Morgan fingerprint density at radius 3 is 2.27 bits per heavy atom. The molecule has 2 nitrogen and oxygen atoms in total. The fraction of sp³-hybridized carbons (Fsp3) is 1.00. The molecule has 0 spiro atoms. The van der Waals surface area contributed by atoms with E-state index in [4.69, 9.17) is 9.78 Å². The monoisotopic (exact) mass is 158 g/mol. The van der Waals surface area contributed by atoms with Crippen LogP contribution in [0.3, 0.4) is 0 Å². The third-order valence-electron chi connectivity index (χ3n) is 2.57. The predicted molar refractivity (Wildman–Crippen MR) is 44.0 cm³/mol. The van der Waals surface area contributed by atoms with Crippen LogP contribution in [0.4, 0.5) is 0 Å². The summed E-state index contributed by atoms with van der Waals surface area (Å²) in [5.41, 5.74) is 0.270. The van der Waals surface area contributed by atoms with Crippen molar-refractivity contribution in [2.45, 2.75) is 27.7 Å². The standard InChI is InChI=1S/C9H18O2/c1-7(2)8-5-10-11-6-9(8,3)4/h7-8H,5-6H2,1-4H3. The van der Waals surface area contributed by atoms with Crippen molar-refractivity contribution in [3.8, 4) is 0 Å². The Balaban J connectivity index is 2.60. The quantitative estimate of drug-likeness (QED) is 0.545. The molecule has 2 heteroatoms. The normalized spacial score (nSPS) is 30.8. The molecule has 0 saturated carbocycles. The van der Waals surface area contributed by atoms with Gasteiger partial charge in [0.1, 0.15) is 0 Å². The van der Waals surface area contributed by atoms with E-state index >= 15 is 0 Å². The maximum absolute atomic E-state index is 4.98. The first-order valence-electron chi connectivity index (χ1n) is 4.28. The van der Waals surface area contributed by atoms with Crippen LogP contribution in [0.1, 0.15) is 27.7 Å². The van der Waals surface area contributed by atoms with Crippen LogP contribution in [0.15, 0.2) is 0 Å². The van der Waals surface area contributed by atoms with Gasteiger partial charge in [0.25, 0.3) is 0 Å². The maximum Gasteiger partial charge on any atom is 0.0876 e. The molecule has 1 heterocycles. The molecule has 66 valence electrons. The lowest BCUT2D eigenvalue weighted by atomic mass is 9.73. The van der Waals surface area contributed by atoms with Crippen LogP contribution in [0.2, 0.25) is 0 Å². The first-order chi connectivity index (χ1) is 5.04. The van der Waals surface area contributed by atoms with E-state index in [1.165, 1.54) is 0 Å². The van der Waals surface area contributed by atoms with E-state index in [0.717, 1.165) is 13.2 Å². The average Bonchev–Trinajstić information content (AvgIpc) is 1.85. The summed E-state index contributed by atoms with van der Waals surface area (Å²) in [5, 5.41) is 0. The molecular weight excluding hydrogens is 140 g/mol. The number of hydrogen-bond donors (Lipinski definition) is 0. The third-order valence-corrected chi connectivity index (χ3v) is 2.57. The number of rotatable bonds is 1. The molecule has 1 saturated heterocycles. The SMILES string of the molecule is CC(C)C1COOCC1(C)C. The second-order valence-electron chi connectivity index (χ2n) is 4.39. The summed E-state index contributed by atoms with van der Waals surface area (Å²) in [6, 6.07) is 0. The Morgan fingerprint density at radius 1 is 1.27 bits per heavy atom. The minimum absolute atomic E-state index is 0.270. The van der Waals surface area contributed by atoms with Crippen LogP contribution >= 0.6 is 0 Å². The summed E-state index contributed by atoms with van der Waals surface area (Å²) >= 11 is 0. The van der Waals surface area contributed by atoms with E-state index in [9.17, 15) is 0 Å². The highest BCUT2D eigenvalue weighted by Crippen LogP contribution is 2.35. The second-order valence-corrected chi connectivity index (χ2v) is 4.39. The van der Waals surface area contributed by atoms with Crippen molar-refractivity contribution in [2.75, 3.05) is 13.2 Å². The smallest absolute Gasteiger partial charge is 0.0876 e. The van der Waals surface area contributed by atoms with Crippen molar-refractivity contribution in [2.24, 2.45) is 17.3 Å². The highest BCUT2D eigenvalue weighted by Gasteiger charge is 2.35. The summed E-state index contributed by atoms with van der Waals surface area (Å²) in [6.07, 6.45) is 0. The summed E-state index contributed by atoms with van der Waals surface area (Å²) in [6.45, 7) is 10.4. The molecular formula is C9H18O2. The number of hydrogen-bond acceptors (Lipinski definition) is 2. The van der Waals surface area contributed by atoms with E-state index in [1.54, 1.807) is 0 Å². The summed E-state index contributed by atoms with van der Waals surface area (Å²) < 4.78 is 0. The summed E-state index contributed by atoms with van der Waals surface area (Å²) in [7, 11) is 0. The topological polar surface area (TPSA) is 18.5 Å².